The monoisotopic (exact) mass is 1010 g/mol. The maximum atomic E-state index is 14.1. The predicted molar refractivity (Wildman–Crippen MR) is 242 cm³/mol. The molecule has 68 heavy (non-hydrogen) atoms. The molecule has 1 saturated carbocycles. The number of sulfonamides is 1. The molecule has 0 radical (unpaired) electrons. The molecule has 3 aromatic rings. The number of rotatable bonds is 24. The summed E-state index contributed by atoms with van der Waals surface area (Å²) in [5.74, 6) is -9.34. The van der Waals surface area contributed by atoms with Gasteiger partial charge in [0.25, 0.3) is 38.0 Å². The van der Waals surface area contributed by atoms with Crippen molar-refractivity contribution >= 4 is 85.2 Å². The number of ketones is 1. The second-order valence-corrected chi connectivity index (χ2v) is 19.7. The van der Waals surface area contributed by atoms with Crippen LogP contribution in [0, 0.1) is 17.8 Å². The Morgan fingerprint density at radius 3 is 2.13 bits per heavy atom. The fraction of sp³-hybridized carbons (Fsp3) is 0.524. The molecule has 4 rings (SSSR count). The lowest BCUT2D eigenvalue weighted by Crippen LogP contribution is -2.60. The van der Waals surface area contributed by atoms with Crippen molar-refractivity contribution in [2.75, 3.05) is 11.9 Å². The van der Waals surface area contributed by atoms with E-state index in [9.17, 15) is 55.6 Å². The van der Waals surface area contributed by atoms with Crippen molar-refractivity contribution in [2.45, 2.75) is 120 Å². The molecule has 5 unspecified atom stereocenters. The van der Waals surface area contributed by atoms with Crippen molar-refractivity contribution in [2.24, 2.45) is 17.8 Å². The molecule has 2 heterocycles. The fourth-order valence-electron chi connectivity index (χ4n) is 7.05. The number of aromatic nitrogens is 4. The Morgan fingerprint density at radius 2 is 1.50 bits per heavy atom. The Hall–Kier alpha value is -6.08. The molecule has 5 atom stereocenters. The summed E-state index contributed by atoms with van der Waals surface area (Å²) in [5, 5.41) is 21.2. The van der Waals surface area contributed by atoms with E-state index in [1.165, 1.54) is 30.7 Å². The first-order valence-corrected chi connectivity index (χ1v) is 24.4. The molecule has 1 fully saturated rings. The van der Waals surface area contributed by atoms with Crippen LogP contribution >= 0.6 is 22.9 Å². The first-order valence-electron chi connectivity index (χ1n) is 21.7. The van der Waals surface area contributed by atoms with Gasteiger partial charge in [-0.2, -0.15) is 8.42 Å². The third-order valence-electron chi connectivity index (χ3n) is 10.7. The minimum absolute atomic E-state index is 0.0170. The summed E-state index contributed by atoms with van der Waals surface area (Å²) < 4.78 is 54.3. The van der Waals surface area contributed by atoms with Gasteiger partial charge in [-0.3, -0.25) is 48.7 Å². The summed E-state index contributed by atoms with van der Waals surface area (Å²) >= 11 is 6.38. The van der Waals surface area contributed by atoms with Gasteiger partial charge in [0, 0.05) is 18.8 Å². The Kier molecular flexibility index (Phi) is 20.8. The van der Waals surface area contributed by atoms with Gasteiger partial charge in [0.15, 0.2) is 0 Å². The zero-order chi connectivity index (χ0) is 50.1. The Morgan fingerprint density at radius 1 is 0.824 bits per heavy atom. The van der Waals surface area contributed by atoms with Crippen LogP contribution in [0.2, 0.25) is 5.02 Å². The number of halogens is 3. The number of hydrogen-bond acceptors (Lipinski definition) is 15. The number of nitrogens with one attached hydrogen (secondary N) is 7. The number of carbonyl (C=O) groups is 8. The van der Waals surface area contributed by atoms with E-state index in [1.807, 2.05) is 19.2 Å². The first-order chi connectivity index (χ1) is 32.2. The molecule has 0 aliphatic heterocycles. The highest BCUT2D eigenvalue weighted by molar-refractivity contribution is 7.92. The number of anilines is 1. The second kappa shape index (κ2) is 25.9. The largest absolute Gasteiger partial charge is 0.344 e. The zero-order valence-corrected chi connectivity index (χ0v) is 39.9. The summed E-state index contributed by atoms with van der Waals surface area (Å²) in [6.45, 7) is 5.95. The highest BCUT2D eigenvalue weighted by atomic mass is 35.5. The molecule has 21 nitrogen and oxygen atoms in total. The molecular formula is C42H54ClF2N11O10S2. The van der Waals surface area contributed by atoms with Crippen LogP contribution in [0.1, 0.15) is 106 Å². The standard InChI is InChI=1S/C42H54ClF2N11O10S2/c1-5-23(4)33(52-37(61)28(17-22(2)3)50-38(62)30-20-46-15-16-47-30)39(63)51-29(18-24-11-7-6-8-12-24)36(60)49-27(19-31(44)45)34(58)40(64)48-21-32(57)56-68(65,66)42-55-54-41(67-42)53-35(59)25-13-9-10-14-26(25)43/h9-10,13-16,20,22-24,27-29,31,33H,5-8,11-12,17-19,21H2,1-4H3,(H,48,64)(H,49,60)(H,50,62)(H,51,63)(H,52,61)(H,56,57)(H,53,54,59). The van der Waals surface area contributed by atoms with E-state index in [0.29, 0.717) is 30.6 Å². The fourth-order valence-corrected chi connectivity index (χ4v) is 9.15. The van der Waals surface area contributed by atoms with Crippen LogP contribution < -0.4 is 36.6 Å². The maximum absolute atomic E-state index is 14.1. The minimum Gasteiger partial charge on any atom is -0.344 e. The molecule has 2 aromatic heterocycles. The quantitative estimate of drug-likeness (QED) is 0.0502. The molecular weight excluding hydrogens is 956 g/mol. The summed E-state index contributed by atoms with van der Waals surface area (Å²) in [5.41, 5.74) is 0.0124. The third kappa shape index (κ3) is 16.6. The maximum Gasteiger partial charge on any atom is 0.293 e. The van der Waals surface area contributed by atoms with Crippen LogP contribution in [-0.2, 0) is 38.8 Å². The smallest absolute Gasteiger partial charge is 0.293 e. The zero-order valence-electron chi connectivity index (χ0n) is 37.6. The SMILES string of the molecule is CCC(C)C(NC(=O)C(CC(C)C)NC(=O)c1cnccn1)C(=O)NC(CC1CCCCC1)C(=O)NC(CC(F)F)C(=O)C(=O)NCC(=O)NS(=O)(=O)c1nnc(NC(=O)c2ccccc2Cl)s1. The van der Waals surface area contributed by atoms with Gasteiger partial charge in [0.1, 0.15) is 29.9 Å². The van der Waals surface area contributed by atoms with Crippen molar-refractivity contribution < 1.29 is 55.6 Å². The lowest BCUT2D eigenvalue weighted by molar-refractivity contribution is -0.141. The van der Waals surface area contributed by atoms with Gasteiger partial charge in [-0.05, 0) is 42.7 Å². The Bertz CT molecular complexity index is 2390. The minimum atomic E-state index is -4.74. The van der Waals surface area contributed by atoms with E-state index in [-0.39, 0.29) is 46.1 Å². The van der Waals surface area contributed by atoms with E-state index >= 15 is 0 Å². The number of carbonyl (C=O) groups excluding carboxylic acids is 8. The lowest BCUT2D eigenvalue weighted by Gasteiger charge is -2.31. The summed E-state index contributed by atoms with van der Waals surface area (Å²) in [6, 6.07) is 0.0125. The average Bonchev–Trinajstić information content (AvgIpc) is 3.78. The van der Waals surface area contributed by atoms with E-state index in [0.717, 1.165) is 19.3 Å². The van der Waals surface area contributed by atoms with Gasteiger partial charge >= 0.3 is 0 Å². The molecule has 0 bridgehead atoms. The third-order valence-corrected chi connectivity index (χ3v) is 13.7. The first kappa shape index (κ1) is 54.5. The number of nitrogens with zero attached hydrogens (tertiary/aromatic N) is 4. The van der Waals surface area contributed by atoms with Gasteiger partial charge < -0.3 is 26.6 Å². The predicted octanol–water partition coefficient (Wildman–Crippen LogP) is 2.69. The average molecular weight is 1010 g/mol. The van der Waals surface area contributed by atoms with E-state index in [4.69, 9.17) is 11.6 Å². The van der Waals surface area contributed by atoms with Gasteiger partial charge in [0.05, 0.1) is 23.3 Å². The molecule has 0 saturated heterocycles. The molecule has 1 aromatic carbocycles. The molecule has 1 aliphatic carbocycles. The Labute approximate surface area is 400 Å². The molecule has 7 amide bonds. The van der Waals surface area contributed by atoms with E-state index < -0.39 is 111 Å². The van der Waals surface area contributed by atoms with Gasteiger partial charge in [-0.15, -0.1) is 10.2 Å². The molecule has 26 heteroatoms. The molecule has 0 spiro atoms. The van der Waals surface area contributed by atoms with Crippen molar-refractivity contribution in [3.05, 3.63) is 59.1 Å². The summed E-state index contributed by atoms with van der Waals surface area (Å²) in [7, 11) is -4.74. The summed E-state index contributed by atoms with van der Waals surface area (Å²) in [6.07, 6.45) is 3.82. The van der Waals surface area contributed by atoms with Crippen molar-refractivity contribution in [3.8, 4) is 0 Å². The number of hydrogen-bond donors (Lipinski definition) is 7. The van der Waals surface area contributed by atoms with Crippen LogP contribution in [-0.4, -0.2) is 113 Å². The van der Waals surface area contributed by atoms with Gasteiger partial charge in [-0.1, -0.05) is 101 Å². The Balaban J connectivity index is 1.44. The van der Waals surface area contributed by atoms with Crippen LogP contribution in [0.25, 0.3) is 0 Å². The molecule has 1 aliphatic rings. The second-order valence-electron chi connectivity index (χ2n) is 16.5. The number of alkyl halides is 2. The molecule has 7 N–H and O–H groups in total. The summed E-state index contributed by atoms with van der Waals surface area (Å²) in [4.78, 5) is 114. The van der Waals surface area contributed by atoms with E-state index in [1.54, 1.807) is 30.7 Å². The lowest BCUT2D eigenvalue weighted by atomic mass is 9.84. The van der Waals surface area contributed by atoms with Crippen LogP contribution in [0.5, 0.6) is 0 Å². The highest BCUT2D eigenvalue weighted by Gasteiger charge is 2.37. The number of Topliss-reactive ketones (excluding diaryl/α,β-unsaturated/α-hetero) is 1. The van der Waals surface area contributed by atoms with E-state index in [2.05, 4.69) is 46.7 Å². The topological polar surface area (TPSA) is 306 Å². The highest BCUT2D eigenvalue weighted by Crippen LogP contribution is 2.28. The van der Waals surface area contributed by atoms with Crippen molar-refractivity contribution in [1.82, 2.24) is 51.5 Å². The number of benzene rings is 1. The van der Waals surface area contributed by atoms with Crippen LogP contribution in [0.15, 0.2) is 47.2 Å². The van der Waals surface area contributed by atoms with Crippen molar-refractivity contribution in [3.63, 3.8) is 0 Å². The van der Waals surface area contributed by atoms with Crippen LogP contribution in [0.4, 0.5) is 13.9 Å². The van der Waals surface area contributed by atoms with Gasteiger partial charge in [0.2, 0.25) is 35.1 Å². The van der Waals surface area contributed by atoms with Crippen LogP contribution in [0.3, 0.4) is 0 Å². The van der Waals surface area contributed by atoms with Crippen molar-refractivity contribution in [1.29, 1.82) is 0 Å². The number of amides is 7. The molecule has 370 valence electrons. The normalized spacial score (nSPS) is 15.2. The van der Waals surface area contributed by atoms with Gasteiger partial charge in [-0.25, -0.2) is 18.5 Å².